The maximum absolute atomic E-state index is 10.8. The number of methoxy groups -OCH3 is 1. The third-order valence-corrected chi connectivity index (χ3v) is 1.97. The number of esters is 1. The second-order valence-electron chi connectivity index (χ2n) is 3.05. The minimum absolute atomic E-state index is 0.130. The van der Waals surface area contributed by atoms with Crippen LogP contribution in [0.5, 0.6) is 0 Å². The lowest BCUT2D eigenvalue weighted by molar-refractivity contribution is -0.141. The van der Waals surface area contributed by atoms with Crippen molar-refractivity contribution in [3.63, 3.8) is 0 Å². The molecule has 3 heteroatoms. The van der Waals surface area contributed by atoms with Gasteiger partial charge in [0.15, 0.2) is 0 Å². The SMILES string of the molecule is CCN(CCC(=O)OC)C(C)C. The van der Waals surface area contributed by atoms with Crippen LogP contribution in [0.15, 0.2) is 0 Å². The van der Waals surface area contributed by atoms with Crippen molar-refractivity contribution in [3.05, 3.63) is 0 Å². The number of hydrogen-bond donors (Lipinski definition) is 0. The quantitative estimate of drug-likeness (QED) is 0.586. The Bertz CT molecular complexity index is 134. The Morgan fingerprint density at radius 2 is 2.08 bits per heavy atom. The first-order valence-electron chi connectivity index (χ1n) is 4.42. The highest BCUT2D eigenvalue weighted by atomic mass is 16.5. The molecule has 0 atom stereocenters. The third-order valence-electron chi connectivity index (χ3n) is 1.97. The van der Waals surface area contributed by atoms with Gasteiger partial charge in [-0.25, -0.2) is 0 Å². The van der Waals surface area contributed by atoms with Gasteiger partial charge in [0, 0.05) is 12.6 Å². The monoisotopic (exact) mass is 173 g/mol. The molecule has 0 aliphatic rings. The van der Waals surface area contributed by atoms with Gasteiger partial charge in [-0.15, -0.1) is 0 Å². The van der Waals surface area contributed by atoms with E-state index >= 15 is 0 Å². The molecule has 0 aromatic heterocycles. The zero-order chi connectivity index (χ0) is 9.56. The molecule has 0 aromatic rings. The van der Waals surface area contributed by atoms with Crippen LogP contribution >= 0.6 is 0 Å². The summed E-state index contributed by atoms with van der Waals surface area (Å²) in [7, 11) is 1.42. The summed E-state index contributed by atoms with van der Waals surface area (Å²) in [4.78, 5) is 13.0. The van der Waals surface area contributed by atoms with Crippen LogP contribution in [0.25, 0.3) is 0 Å². The van der Waals surface area contributed by atoms with E-state index in [9.17, 15) is 4.79 Å². The molecule has 0 heterocycles. The number of carbonyl (C=O) groups excluding carboxylic acids is 1. The van der Waals surface area contributed by atoms with Gasteiger partial charge in [0.2, 0.25) is 0 Å². The van der Waals surface area contributed by atoms with Crippen LogP contribution in [0, 0.1) is 0 Å². The Kier molecular flexibility index (Phi) is 5.72. The van der Waals surface area contributed by atoms with Gasteiger partial charge in [-0.2, -0.15) is 0 Å². The minimum atomic E-state index is -0.130. The molecule has 0 saturated carbocycles. The topological polar surface area (TPSA) is 29.5 Å². The van der Waals surface area contributed by atoms with Gasteiger partial charge in [-0.05, 0) is 20.4 Å². The maximum Gasteiger partial charge on any atom is 0.306 e. The molecule has 0 saturated heterocycles. The first-order valence-corrected chi connectivity index (χ1v) is 4.42. The Labute approximate surface area is 74.7 Å². The van der Waals surface area contributed by atoms with Crippen molar-refractivity contribution in [3.8, 4) is 0 Å². The lowest BCUT2D eigenvalue weighted by Crippen LogP contribution is -2.32. The molecular formula is C9H19NO2. The van der Waals surface area contributed by atoms with Crippen LogP contribution in [0.3, 0.4) is 0 Å². The number of ether oxygens (including phenoxy) is 1. The van der Waals surface area contributed by atoms with Crippen molar-refractivity contribution >= 4 is 5.97 Å². The van der Waals surface area contributed by atoms with E-state index < -0.39 is 0 Å². The largest absolute Gasteiger partial charge is 0.469 e. The molecule has 0 rings (SSSR count). The van der Waals surface area contributed by atoms with E-state index in [0.717, 1.165) is 13.1 Å². The first kappa shape index (κ1) is 11.4. The van der Waals surface area contributed by atoms with E-state index in [4.69, 9.17) is 0 Å². The summed E-state index contributed by atoms with van der Waals surface area (Å²) < 4.78 is 4.56. The average molecular weight is 173 g/mol. The number of carbonyl (C=O) groups is 1. The lowest BCUT2D eigenvalue weighted by Gasteiger charge is -2.23. The molecule has 0 aromatic carbocycles. The summed E-state index contributed by atoms with van der Waals surface area (Å²) in [5.74, 6) is -0.130. The fourth-order valence-electron chi connectivity index (χ4n) is 1.12. The second-order valence-corrected chi connectivity index (χ2v) is 3.05. The lowest BCUT2D eigenvalue weighted by atomic mass is 10.3. The number of nitrogens with zero attached hydrogens (tertiary/aromatic N) is 1. The van der Waals surface area contributed by atoms with Gasteiger partial charge >= 0.3 is 5.97 Å². The minimum Gasteiger partial charge on any atom is -0.469 e. The van der Waals surface area contributed by atoms with Crippen molar-refractivity contribution in [1.29, 1.82) is 0 Å². The Morgan fingerprint density at radius 3 is 2.42 bits per heavy atom. The van der Waals surface area contributed by atoms with Crippen LogP contribution in [-0.2, 0) is 9.53 Å². The Balaban J connectivity index is 3.65. The van der Waals surface area contributed by atoms with Gasteiger partial charge in [-0.3, -0.25) is 4.79 Å². The fraction of sp³-hybridized carbons (Fsp3) is 0.889. The van der Waals surface area contributed by atoms with Gasteiger partial charge in [-0.1, -0.05) is 6.92 Å². The molecule has 0 aliphatic carbocycles. The molecule has 0 N–H and O–H groups in total. The van der Waals surface area contributed by atoms with E-state index in [-0.39, 0.29) is 5.97 Å². The van der Waals surface area contributed by atoms with Gasteiger partial charge in [0.1, 0.15) is 0 Å². The van der Waals surface area contributed by atoms with E-state index in [1.807, 2.05) is 0 Å². The summed E-state index contributed by atoms with van der Waals surface area (Å²) in [6.45, 7) is 8.12. The van der Waals surface area contributed by atoms with Crippen LogP contribution in [-0.4, -0.2) is 37.1 Å². The van der Waals surface area contributed by atoms with Crippen LogP contribution in [0.1, 0.15) is 27.2 Å². The van der Waals surface area contributed by atoms with Crippen molar-refractivity contribution < 1.29 is 9.53 Å². The van der Waals surface area contributed by atoms with Crippen LogP contribution < -0.4 is 0 Å². The smallest absolute Gasteiger partial charge is 0.306 e. The molecule has 0 fully saturated rings. The Hall–Kier alpha value is -0.570. The molecule has 72 valence electrons. The van der Waals surface area contributed by atoms with Crippen molar-refractivity contribution in [2.45, 2.75) is 33.2 Å². The van der Waals surface area contributed by atoms with E-state index in [2.05, 4.69) is 30.4 Å². The van der Waals surface area contributed by atoms with Crippen LogP contribution in [0.4, 0.5) is 0 Å². The predicted molar refractivity (Wildman–Crippen MR) is 49.0 cm³/mol. The molecule has 0 radical (unpaired) electrons. The Morgan fingerprint density at radius 1 is 1.50 bits per heavy atom. The van der Waals surface area contributed by atoms with E-state index in [0.29, 0.717) is 12.5 Å². The zero-order valence-corrected chi connectivity index (χ0v) is 8.46. The zero-order valence-electron chi connectivity index (χ0n) is 8.46. The van der Waals surface area contributed by atoms with E-state index in [1.165, 1.54) is 7.11 Å². The summed E-state index contributed by atoms with van der Waals surface area (Å²) in [6, 6.07) is 0.500. The highest BCUT2D eigenvalue weighted by molar-refractivity contribution is 5.69. The average Bonchev–Trinajstić information content (AvgIpc) is 2.04. The second kappa shape index (κ2) is 6.00. The summed E-state index contributed by atoms with van der Waals surface area (Å²) >= 11 is 0. The van der Waals surface area contributed by atoms with Gasteiger partial charge < -0.3 is 9.64 Å². The normalized spacial score (nSPS) is 10.8. The van der Waals surface area contributed by atoms with Gasteiger partial charge in [0.25, 0.3) is 0 Å². The molecule has 3 nitrogen and oxygen atoms in total. The first-order chi connectivity index (χ1) is 5.61. The molecule has 0 spiro atoms. The molecule has 12 heavy (non-hydrogen) atoms. The summed E-state index contributed by atoms with van der Waals surface area (Å²) in [5, 5.41) is 0. The molecule has 0 bridgehead atoms. The molecular weight excluding hydrogens is 154 g/mol. The van der Waals surface area contributed by atoms with Crippen LogP contribution in [0.2, 0.25) is 0 Å². The number of hydrogen-bond acceptors (Lipinski definition) is 3. The summed E-state index contributed by atoms with van der Waals surface area (Å²) in [6.07, 6.45) is 0.489. The predicted octanol–water partition coefficient (Wildman–Crippen LogP) is 1.28. The van der Waals surface area contributed by atoms with Gasteiger partial charge in [0.05, 0.1) is 13.5 Å². The van der Waals surface area contributed by atoms with E-state index in [1.54, 1.807) is 0 Å². The van der Waals surface area contributed by atoms with Crippen molar-refractivity contribution in [1.82, 2.24) is 4.90 Å². The van der Waals surface area contributed by atoms with Crippen molar-refractivity contribution in [2.24, 2.45) is 0 Å². The highest BCUT2D eigenvalue weighted by Gasteiger charge is 2.08. The highest BCUT2D eigenvalue weighted by Crippen LogP contribution is 1.99. The summed E-state index contributed by atoms with van der Waals surface area (Å²) in [5.41, 5.74) is 0. The maximum atomic E-state index is 10.8. The fourth-order valence-corrected chi connectivity index (χ4v) is 1.12. The standard InChI is InChI=1S/C9H19NO2/c1-5-10(8(2)3)7-6-9(11)12-4/h8H,5-7H2,1-4H3. The number of rotatable bonds is 5. The third kappa shape index (κ3) is 4.34. The molecule has 0 amide bonds. The molecule has 0 aliphatic heterocycles. The molecule has 0 unspecified atom stereocenters. The van der Waals surface area contributed by atoms with Crippen molar-refractivity contribution in [2.75, 3.05) is 20.2 Å².